The Bertz CT molecular complexity index is 1210. The van der Waals surface area contributed by atoms with Crippen LogP contribution in [-0.4, -0.2) is 20.7 Å². The third-order valence-electron chi connectivity index (χ3n) is 6.15. The van der Waals surface area contributed by atoms with Crippen LogP contribution in [-0.2, 0) is 17.9 Å². The zero-order chi connectivity index (χ0) is 23.6. The zero-order valence-corrected chi connectivity index (χ0v) is 17.6. The predicted molar refractivity (Wildman–Crippen MR) is 114 cm³/mol. The van der Waals surface area contributed by atoms with Crippen molar-refractivity contribution in [1.82, 2.24) is 14.9 Å². The Morgan fingerprint density at radius 3 is 2.27 bits per heavy atom. The van der Waals surface area contributed by atoms with E-state index in [4.69, 9.17) is 12.2 Å². The summed E-state index contributed by atoms with van der Waals surface area (Å²) in [6.07, 6.45) is -5.00. The summed E-state index contributed by atoms with van der Waals surface area (Å²) in [5, 5.41) is 5.45. The summed E-state index contributed by atoms with van der Waals surface area (Å²) in [4.78, 5) is 4.24. The number of thiocarbonyl (C=S) groups is 1. The molecule has 1 fully saturated rings. The van der Waals surface area contributed by atoms with Gasteiger partial charge in [0.1, 0.15) is 0 Å². The van der Waals surface area contributed by atoms with Crippen LogP contribution in [0.25, 0.3) is 11.3 Å². The Kier molecular flexibility index (Phi) is 4.75. The van der Waals surface area contributed by atoms with Crippen LogP contribution in [0.4, 0.5) is 32.0 Å². The van der Waals surface area contributed by atoms with Crippen LogP contribution in [0.1, 0.15) is 29.5 Å². The Labute approximate surface area is 189 Å². The lowest BCUT2D eigenvalue weighted by Gasteiger charge is -2.47. The maximum Gasteiger partial charge on any atom is 0.416 e. The molecule has 2 N–H and O–H groups in total. The third-order valence-corrected chi connectivity index (χ3v) is 6.37. The normalized spacial score (nSPS) is 21.3. The van der Waals surface area contributed by atoms with E-state index < -0.39 is 23.5 Å². The van der Waals surface area contributed by atoms with Crippen molar-refractivity contribution in [3.63, 3.8) is 0 Å². The lowest BCUT2D eigenvalue weighted by molar-refractivity contribution is -0.143. The minimum Gasteiger partial charge on any atom is -0.360 e. The largest absolute Gasteiger partial charge is 0.416 e. The second-order valence-corrected chi connectivity index (χ2v) is 8.63. The minimum atomic E-state index is -4.93. The fourth-order valence-electron chi connectivity index (χ4n) is 4.73. The number of hydrogen-bond acceptors (Lipinski definition) is 2. The summed E-state index contributed by atoms with van der Waals surface area (Å²) in [5.41, 5.74) is -0.221. The van der Waals surface area contributed by atoms with Crippen LogP contribution in [0.5, 0.6) is 0 Å². The summed E-state index contributed by atoms with van der Waals surface area (Å²) in [5.74, 6) is 0. The van der Waals surface area contributed by atoms with E-state index in [2.05, 4.69) is 26.3 Å². The Hall–Kier alpha value is -3.08. The zero-order valence-electron chi connectivity index (χ0n) is 16.8. The van der Waals surface area contributed by atoms with Crippen molar-refractivity contribution < 1.29 is 26.3 Å². The van der Waals surface area contributed by atoms with Gasteiger partial charge in [0.05, 0.1) is 34.9 Å². The molecule has 2 aliphatic rings. The SMILES string of the molecule is FC(F)(F)c1cc(NC(=S)NC2CC3(C2)c2ccccc2-c2cncn23)cc(C(F)(F)F)c1. The molecule has 0 amide bonds. The van der Waals surface area contributed by atoms with Gasteiger partial charge >= 0.3 is 12.4 Å². The summed E-state index contributed by atoms with van der Waals surface area (Å²) < 4.78 is 80.6. The molecule has 1 aromatic heterocycles. The maximum atomic E-state index is 13.1. The van der Waals surface area contributed by atoms with E-state index in [1.807, 2.05) is 18.2 Å². The molecular formula is C22H16F6N4S. The van der Waals surface area contributed by atoms with Crippen molar-refractivity contribution in [1.29, 1.82) is 0 Å². The van der Waals surface area contributed by atoms with Crippen LogP contribution in [0.15, 0.2) is 55.0 Å². The van der Waals surface area contributed by atoms with Gasteiger partial charge in [0.15, 0.2) is 5.11 Å². The molecule has 33 heavy (non-hydrogen) atoms. The van der Waals surface area contributed by atoms with Crippen molar-refractivity contribution in [3.05, 3.63) is 71.7 Å². The van der Waals surface area contributed by atoms with E-state index in [1.165, 1.54) is 0 Å². The first-order valence-electron chi connectivity index (χ1n) is 9.97. The first kappa shape index (κ1) is 21.7. The topological polar surface area (TPSA) is 41.9 Å². The summed E-state index contributed by atoms with van der Waals surface area (Å²) >= 11 is 5.18. The quantitative estimate of drug-likeness (QED) is 0.358. The lowest BCUT2D eigenvalue weighted by atomic mass is 9.68. The molecule has 172 valence electrons. The van der Waals surface area contributed by atoms with Gasteiger partial charge < -0.3 is 15.2 Å². The number of anilines is 1. The highest BCUT2D eigenvalue weighted by Crippen LogP contribution is 2.54. The smallest absolute Gasteiger partial charge is 0.360 e. The fourth-order valence-corrected chi connectivity index (χ4v) is 5.02. The van der Waals surface area contributed by atoms with Gasteiger partial charge in [0, 0.05) is 17.3 Å². The first-order chi connectivity index (χ1) is 15.5. The molecule has 1 spiro atoms. The molecule has 3 aromatic rings. The molecule has 2 aromatic carbocycles. The number of fused-ring (bicyclic) bond motifs is 5. The molecule has 1 saturated carbocycles. The van der Waals surface area contributed by atoms with Crippen molar-refractivity contribution in [3.8, 4) is 11.3 Å². The molecule has 1 aliphatic heterocycles. The second-order valence-electron chi connectivity index (χ2n) is 8.22. The summed E-state index contributed by atoms with van der Waals surface area (Å²) in [6.45, 7) is 0. The van der Waals surface area contributed by atoms with Crippen LogP contribution in [0.2, 0.25) is 0 Å². The summed E-state index contributed by atoms with van der Waals surface area (Å²) in [7, 11) is 0. The highest BCUT2D eigenvalue weighted by atomic mass is 32.1. The van der Waals surface area contributed by atoms with E-state index >= 15 is 0 Å². The number of aromatic nitrogens is 2. The number of benzene rings is 2. The first-order valence-corrected chi connectivity index (χ1v) is 10.4. The number of rotatable bonds is 2. The fraction of sp³-hybridized carbons (Fsp3) is 0.273. The van der Waals surface area contributed by atoms with Crippen LogP contribution in [0, 0.1) is 0 Å². The molecule has 4 nitrogen and oxygen atoms in total. The van der Waals surface area contributed by atoms with E-state index in [0.717, 1.165) is 16.8 Å². The molecular weight excluding hydrogens is 466 g/mol. The van der Waals surface area contributed by atoms with Gasteiger partial charge in [-0.15, -0.1) is 0 Å². The van der Waals surface area contributed by atoms with Crippen molar-refractivity contribution >= 4 is 23.0 Å². The van der Waals surface area contributed by atoms with E-state index in [9.17, 15) is 26.3 Å². The van der Waals surface area contributed by atoms with E-state index in [-0.39, 0.29) is 28.4 Å². The lowest BCUT2D eigenvalue weighted by Crippen LogP contribution is -2.56. The van der Waals surface area contributed by atoms with Crippen LogP contribution >= 0.6 is 12.2 Å². The van der Waals surface area contributed by atoms with Crippen molar-refractivity contribution in [2.24, 2.45) is 0 Å². The highest BCUT2D eigenvalue weighted by molar-refractivity contribution is 7.80. The van der Waals surface area contributed by atoms with Gasteiger partial charge in [-0.05, 0) is 48.8 Å². The van der Waals surface area contributed by atoms with Gasteiger partial charge in [0.25, 0.3) is 0 Å². The number of nitrogens with zero attached hydrogens (tertiary/aromatic N) is 2. The van der Waals surface area contributed by atoms with E-state index in [1.54, 1.807) is 12.5 Å². The van der Waals surface area contributed by atoms with Gasteiger partial charge in [-0.1, -0.05) is 24.3 Å². The number of halogens is 6. The monoisotopic (exact) mass is 482 g/mol. The second kappa shape index (κ2) is 7.21. The molecule has 1 aliphatic carbocycles. The molecule has 11 heteroatoms. The number of hydrogen-bond donors (Lipinski definition) is 2. The van der Waals surface area contributed by atoms with Gasteiger partial charge in [0.2, 0.25) is 0 Å². The Morgan fingerprint density at radius 1 is 1.00 bits per heavy atom. The number of nitrogens with one attached hydrogen (secondary N) is 2. The standard InChI is InChI=1S/C22H16F6N4S/c23-21(24,25)12-5-13(22(26,27)28)7-14(6-12)30-19(33)31-15-8-20(9-15)17-4-2-1-3-16(17)18-10-29-11-32(18)20/h1-7,10-11,15H,8-9H2,(H2,30,31,33). The number of alkyl halides is 6. The van der Waals surface area contributed by atoms with Gasteiger partial charge in [-0.2, -0.15) is 26.3 Å². The van der Waals surface area contributed by atoms with Crippen LogP contribution < -0.4 is 10.6 Å². The third kappa shape index (κ3) is 3.64. The predicted octanol–water partition coefficient (Wildman–Crippen LogP) is 5.79. The average Bonchev–Trinajstić information content (AvgIpc) is 3.27. The maximum absolute atomic E-state index is 13.1. The molecule has 0 bridgehead atoms. The molecule has 0 atom stereocenters. The van der Waals surface area contributed by atoms with Gasteiger partial charge in [-0.3, -0.25) is 0 Å². The molecule has 0 radical (unpaired) electrons. The average molecular weight is 482 g/mol. The van der Waals surface area contributed by atoms with Crippen molar-refractivity contribution in [2.45, 2.75) is 36.8 Å². The van der Waals surface area contributed by atoms with E-state index in [0.29, 0.717) is 25.0 Å². The van der Waals surface area contributed by atoms with Crippen molar-refractivity contribution in [2.75, 3.05) is 5.32 Å². The number of imidazole rings is 1. The molecule has 0 unspecified atom stereocenters. The Balaban J connectivity index is 1.31. The van der Waals surface area contributed by atoms with Gasteiger partial charge in [-0.25, -0.2) is 4.98 Å². The molecule has 2 heterocycles. The summed E-state index contributed by atoms with van der Waals surface area (Å²) in [6, 6.07) is 9.17. The molecule has 0 saturated heterocycles. The molecule has 5 rings (SSSR count). The minimum absolute atomic E-state index is 0.0422. The highest BCUT2D eigenvalue weighted by Gasteiger charge is 2.52. The Morgan fingerprint density at radius 2 is 1.64 bits per heavy atom. The van der Waals surface area contributed by atoms with Crippen LogP contribution in [0.3, 0.4) is 0 Å².